The first-order valence-corrected chi connectivity index (χ1v) is 7.25. The van der Waals surface area contributed by atoms with Crippen molar-refractivity contribution in [3.63, 3.8) is 0 Å². The molecule has 0 saturated carbocycles. The number of hydrogen-bond donors (Lipinski definition) is 1. The van der Waals surface area contributed by atoms with Gasteiger partial charge in [0.1, 0.15) is 11.5 Å². The van der Waals surface area contributed by atoms with Crippen LogP contribution in [0.4, 0.5) is 0 Å². The summed E-state index contributed by atoms with van der Waals surface area (Å²) in [6.07, 6.45) is 0. The van der Waals surface area contributed by atoms with Crippen molar-refractivity contribution < 1.29 is 4.74 Å². The van der Waals surface area contributed by atoms with Gasteiger partial charge in [0, 0.05) is 11.6 Å². The second-order valence-electron chi connectivity index (χ2n) is 5.19. The molecule has 0 spiro atoms. The third kappa shape index (κ3) is 4.55. The van der Waals surface area contributed by atoms with Crippen LogP contribution in [0.1, 0.15) is 19.4 Å². The number of benzene rings is 2. The molecule has 20 heavy (non-hydrogen) atoms. The van der Waals surface area contributed by atoms with E-state index in [4.69, 9.17) is 16.3 Å². The van der Waals surface area contributed by atoms with Gasteiger partial charge >= 0.3 is 0 Å². The molecule has 1 N–H and O–H groups in total. The van der Waals surface area contributed by atoms with Crippen molar-refractivity contribution in [2.24, 2.45) is 5.92 Å². The van der Waals surface area contributed by atoms with E-state index >= 15 is 0 Å². The number of hydrogen-bond acceptors (Lipinski definition) is 2. The highest BCUT2D eigenvalue weighted by atomic mass is 35.5. The van der Waals surface area contributed by atoms with Gasteiger partial charge in [0.05, 0.1) is 0 Å². The fraction of sp³-hybridized carbons (Fsp3) is 0.294. The molecule has 0 atom stereocenters. The Morgan fingerprint density at radius 2 is 1.80 bits per heavy atom. The summed E-state index contributed by atoms with van der Waals surface area (Å²) in [4.78, 5) is 0. The topological polar surface area (TPSA) is 21.3 Å². The smallest absolute Gasteiger partial charge is 0.128 e. The van der Waals surface area contributed by atoms with Crippen molar-refractivity contribution in [3.05, 3.63) is 59.1 Å². The van der Waals surface area contributed by atoms with E-state index in [2.05, 4.69) is 19.2 Å². The van der Waals surface area contributed by atoms with Gasteiger partial charge < -0.3 is 10.1 Å². The first-order chi connectivity index (χ1) is 9.65. The van der Waals surface area contributed by atoms with E-state index in [9.17, 15) is 0 Å². The lowest BCUT2D eigenvalue weighted by atomic mass is 10.2. The second kappa shape index (κ2) is 7.32. The Bertz CT molecular complexity index is 540. The first-order valence-electron chi connectivity index (χ1n) is 6.87. The van der Waals surface area contributed by atoms with Crippen LogP contribution in [-0.2, 0) is 6.54 Å². The molecule has 2 rings (SSSR count). The van der Waals surface area contributed by atoms with Crippen LogP contribution in [-0.4, -0.2) is 6.54 Å². The van der Waals surface area contributed by atoms with Crippen molar-refractivity contribution in [3.8, 4) is 11.5 Å². The van der Waals surface area contributed by atoms with Crippen molar-refractivity contribution in [2.75, 3.05) is 6.54 Å². The van der Waals surface area contributed by atoms with E-state index in [1.807, 2.05) is 48.5 Å². The predicted molar refractivity (Wildman–Crippen MR) is 84.5 cm³/mol. The molecule has 2 aromatic rings. The maximum atomic E-state index is 6.29. The lowest BCUT2D eigenvalue weighted by Gasteiger charge is -2.11. The summed E-state index contributed by atoms with van der Waals surface area (Å²) in [6, 6.07) is 15.5. The molecule has 2 nitrogen and oxygen atoms in total. The van der Waals surface area contributed by atoms with E-state index < -0.39 is 0 Å². The lowest BCUT2D eigenvalue weighted by Crippen LogP contribution is -2.19. The van der Waals surface area contributed by atoms with Crippen LogP contribution in [0.2, 0.25) is 5.02 Å². The number of nitrogens with one attached hydrogen (secondary N) is 1. The normalized spacial score (nSPS) is 10.8. The lowest BCUT2D eigenvalue weighted by molar-refractivity contribution is 0.482. The SMILES string of the molecule is CC(C)CNCc1ccc(Oc2ccccc2)cc1Cl. The zero-order chi connectivity index (χ0) is 14.4. The Morgan fingerprint density at radius 1 is 1.05 bits per heavy atom. The minimum absolute atomic E-state index is 0.634. The zero-order valence-electron chi connectivity index (χ0n) is 11.9. The fourth-order valence-electron chi connectivity index (χ4n) is 1.86. The molecule has 0 saturated heterocycles. The highest BCUT2D eigenvalue weighted by molar-refractivity contribution is 6.31. The largest absolute Gasteiger partial charge is 0.457 e. The van der Waals surface area contributed by atoms with Gasteiger partial charge in [-0.1, -0.05) is 49.7 Å². The van der Waals surface area contributed by atoms with Gasteiger partial charge in [-0.05, 0) is 42.3 Å². The standard InChI is InChI=1S/C17H20ClNO/c1-13(2)11-19-12-14-8-9-16(10-17(14)18)20-15-6-4-3-5-7-15/h3-10,13,19H,11-12H2,1-2H3. The predicted octanol–water partition coefficient (Wildman–Crippen LogP) is 4.88. The van der Waals surface area contributed by atoms with Gasteiger partial charge in [-0.25, -0.2) is 0 Å². The van der Waals surface area contributed by atoms with Crippen LogP contribution >= 0.6 is 11.6 Å². The van der Waals surface area contributed by atoms with Crippen molar-refractivity contribution >= 4 is 11.6 Å². The second-order valence-corrected chi connectivity index (χ2v) is 5.60. The summed E-state index contributed by atoms with van der Waals surface area (Å²) in [5, 5.41) is 4.12. The third-order valence-corrected chi connectivity index (χ3v) is 3.22. The molecule has 0 aliphatic heterocycles. The average molecular weight is 290 g/mol. The molecule has 0 heterocycles. The molecular weight excluding hydrogens is 270 g/mol. The molecule has 0 amide bonds. The molecular formula is C17H20ClNO. The maximum Gasteiger partial charge on any atom is 0.128 e. The number of para-hydroxylation sites is 1. The summed E-state index contributed by atoms with van der Waals surface area (Å²) in [5.74, 6) is 2.21. The van der Waals surface area contributed by atoms with Crippen molar-refractivity contribution in [1.29, 1.82) is 0 Å². The number of rotatable bonds is 6. The van der Waals surface area contributed by atoms with Gasteiger partial charge in [0.25, 0.3) is 0 Å². The van der Waals surface area contributed by atoms with Crippen LogP contribution in [0.25, 0.3) is 0 Å². The van der Waals surface area contributed by atoms with Crippen molar-refractivity contribution in [1.82, 2.24) is 5.32 Å². The highest BCUT2D eigenvalue weighted by Crippen LogP contribution is 2.26. The fourth-order valence-corrected chi connectivity index (χ4v) is 2.09. The molecule has 0 aliphatic carbocycles. The van der Waals surface area contributed by atoms with Crippen LogP contribution in [0.5, 0.6) is 11.5 Å². The summed E-state index contributed by atoms with van der Waals surface area (Å²) in [5.41, 5.74) is 1.09. The van der Waals surface area contributed by atoms with Crippen LogP contribution < -0.4 is 10.1 Å². The van der Waals surface area contributed by atoms with E-state index in [1.54, 1.807) is 0 Å². The number of ether oxygens (including phenoxy) is 1. The van der Waals surface area contributed by atoms with E-state index in [0.717, 1.165) is 35.2 Å². The Labute approximate surface area is 125 Å². The maximum absolute atomic E-state index is 6.29. The van der Waals surface area contributed by atoms with E-state index in [-0.39, 0.29) is 0 Å². The number of halogens is 1. The minimum Gasteiger partial charge on any atom is -0.457 e. The molecule has 0 fully saturated rings. The summed E-state index contributed by atoms with van der Waals surface area (Å²) < 4.78 is 5.75. The Morgan fingerprint density at radius 3 is 2.45 bits per heavy atom. The van der Waals surface area contributed by atoms with Crippen LogP contribution in [0.3, 0.4) is 0 Å². The average Bonchev–Trinajstić information content (AvgIpc) is 2.42. The zero-order valence-corrected chi connectivity index (χ0v) is 12.7. The minimum atomic E-state index is 0.634. The molecule has 0 unspecified atom stereocenters. The van der Waals surface area contributed by atoms with Crippen molar-refractivity contribution in [2.45, 2.75) is 20.4 Å². The van der Waals surface area contributed by atoms with Crippen LogP contribution in [0, 0.1) is 5.92 Å². The molecule has 0 aliphatic rings. The van der Waals surface area contributed by atoms with Gasteiger partial charge in [-0.15, -0.1) is 0 Å². The molecule has 0 bridgehead atoms. The summed E-state index contributed by atoms with van der Waals surface area (Å²) in [7, 11) is 0. The molecule has 2 aromatic carbocycles. The highest BCUT2D eigenvalue weighted by Gasteiger charge is 2.04. The van der Waals surface area contributed by atoms with Crippen LogP contribution in [0.15, 0.2) is 48.5 Å². The monoisotopic (exact) mass is 289 g/mol. The van der Waals surface area contributed by atoms with Gasteiger partial charge in [-0.3, -0.25) is 0 Å². The third-order valence-electron chi connectivity index (χ3n) is 2.87. The van der Waals surface area contributed by atoms with Gasteiger partial charge in [0.2, 0.25) is 0 Å². The van der Waals surface area contributed by atoms with Gasteiger partial charge in [0.15, 0.2) is 0 Å². The summed E-state index contributed by atoms with van der Waals surface area (Å²) >= 11 is 6.29. The molecule has 3 heteroatoms. The first kappa shape index (κ1) is 14.9. The molecule has 106 valence electrons. The van der Waals surface area contributed by atoms with Gasteiger partial charge in [-0.2, -0.15) is 0 Å². The molecule has 0 radical (unpaired) electrons. The quantitative estimate of drug-likeness (QED) is 0.818. The van der Waals surface area contributed by atoms with E-state index in [0.29, 0.717) is 5.92 Å². The Kier molecular flexibility index (Phi) is 5.45. The molecule has 0 aromatic heterocycles. The van der Waals surface area contributed by atoms with E-state index in [1.165, 1.54) is 0 Å². The Balaban J connectivity index is 1.98. The summed E-state index contributed by atoms with van der Waals surface area (Å²) in [6.45, 7) is 6.14. The Hall–Kier alpha value is -1.51.